The van der Waals surface area contributed by atoms with Gasteiger partial charge in [0.1, 0.15) is 11.0 Å². The van der Waals surface area contributed by atoms with Crippen LogP contribution in [0.2, 0.25) is 5.15 Å². The summed E-state index contributed by atoms with van der Waals surface area (Å²) >= 11 is 5.88. The molecular weight excluding hydrogens is 228 g/mol. The largest absolute Gasteiger partial charge is 0.298 e. The van der Waals surface area contributed by atoms with E-state index in [1.807, 2.05) is 0 Å². The van der Waals surface area contributed by atoms with Crippen molar-refractivity contribution in [2.24, 2.45) is 7.05 Å². The minimum Gasteiger partial charge on any atom is -0.298 e. The molecule has 0 spiro atoms. The lowest BCUT2D eigenvalue weighted by Gasteiger charge is -2.03. The third kappa shape index (κ3) is 1.81. The van der Waals surface area contributed by atoms with Gasteiger partial charge in [-0.2, -0.15) is 5.10 Å². The third-order valence-corrected chi connectivity index (χ3v) is 2.40. The van der Waals surface area contributed by atoms with Gasteiger partial charge in [0.25, 0.3) is 0 Å². The van der Waals surface area contributed by atoms with Crippen LogP contribution < -0.4 is 0 Å². The van der Waals surface area contributed by atoms with Gasteiger partial charge in [0, 0.05) is 18.8 Å². The molecule has 2 rings (SSSR count). The van der Waals surface area contributed by atoms with Crippen LogP contribution in [-0.2, 0) is 7.05 Å². The number of hydrogen-bond acceptors (Lipinski definition) is 4. The van der Waals surface area contributed by atoms with Crippen molar-refractivity contribution in [1.82, 2.24) is 19.7 Å². The van der Waals surface area contributed by atoms with E-state index in [0.29, 0.717) is 23.4 Å². The second-order valence-corrected chi connectivity index (χ2v) is 3.70. The lowest BCUT2D eigenvalue weighted by Crippen LogP contribution is -1.98. The maximum absolute atomic E-state index is 10.9. The maximum atomic E-state index is 10.9. The Kier molecular flexibility index (Phi) is 2.70. The summed E-state index contributed by atoms with van der Waals surface area (Å²) in [5, 5.41) is 4.19. The summed E-state index contributed by atoms with van der Waals surface area (Å²) in [6.07, 6.45) is 4.06. The van der Waals surface area contributed by atoms with Gasteiger partial charge in [0.15, 0.2) is 6.29 Å². The van der Waals surface area contributed by atoms with E-state index in [2.05, 4.69) is 15.1 Å². The fraction of sp³-hybridized carbons (Fsp3) is 0.200. The van der Waals surface area contributed by atoms with E-state index in [1.54, 1.807) is 31.0 Å². The number of rotatable bonds is 2. The molecule has 0 saturated carbocycles. The first-order valence-electron chi connectivity index (χ1n) is 4.60. The Hall–Kier alpha value is -1.75. The molecule has 2 aromatic rings. The van der Waals surface area contributed by atoms with Crippen molar-refractivity contribution in [2.75, 3.05) is 0 Å². The lowest BCUT2D eigenvalue weighted by molar-refractivity contribution is 0.112. The number of carbonyl (C=O) groups is 1. The maximum Gasteiger partial charge on any atom is 0.155 e. The van der Waals surface area contributed by atoms with Gasteiger partial charge < -0.3 is 0 Å². The molecule has 16 heavy (non-hydrogen) atoms. The summed E-state index contributed by atoms with van der Waals surface area (Å²) in [6, 6.07) is 0. The van der Waals surface area contributed by atoms with Crippen molar-refractivity contribution in [2.45, 2.75) is 6.92 Å². The highest BCUT2D eigenvalue weighted by Gasteiger charge is 2.13. The zero-order chi connectivity index (χ0) is 11.7. The standard InChI is InChI=1S/C10H9ClN4O/c1-6-13-9(7-3-12-15(2)4-7)8(5-16)10(11)14-6/h3-5H,1-2H3. The first-order chi connectivity index (χ1) is 7.61. The Morgan fingerprint density at radius 3 is 2.75 bits per heavy atom. The van der Waals surface area contributed by atoms with Gasteiger partial charge in [-0.25, -0.2) is 9.97 Å². The molecule has 0 atom stereocenters. The van der Waals surface area contributed by atoms with E-state index in [-0.39, 0.29) is 5.15 Å². The van der Waals surface area contributed by atoms with Gasteiger partial charge in [-0.3, -0.25) is 9.48 Å². The van der Waals surface area contributed by atoms with Gasteiger partial charge in [0.05, 0.1) is 17.5 Å². The van der Waals surface area contributed by atoms with E-state index in [9.17, 15) is 4.79 Å². The molecule has 0 bridgehead atoms. The highest BCUT2D eigenvalue weighted by molar-refractivity contribution is 6.32. The van der Waals surface area contributed by atoms with Crippen LogP contribution in [0.25, 0.3) is 11.3 Å². The smallest absolute Gasteiger partial charge is 0.155 e. The normalized spacial score (nSPS) is 10.4. The Labute approximate surface area is 97.1 Å². The van der Waals surface area contributed by atoms with Crippen LogP contribution in [0, 0.1) is 6.92 Å². The van der Waals surface area contributed by atoms with E-state index < -0.39 is 0 Å². The van der Waals surface area contributed by atoms with Crippen molar-refractivity contribution in [3.05, 3.63) is 28.9 Å². The van der Waals surface area contributed by atoms with E-state index in [1.165, 1.54) is 0 Å². The number of aromatic nitrogens is 4. The number of nitrogens with zero attached hydrogens (tertiary/aromatic N) is 4. The molecule has 0 aromatic carbocycles. The van der Waals surface area contributed by atoms with Crippen molar-refractivity contribution in [1.29, 1.82) is 0 Å². The topological polar surface area (TPSA) is 60.7 Å². The van der Waals surface area contributed by atoms with Gasteiger partial charge in [-0.05, 0) is 6.92 Å². The van der Waals surface area contributed by atoms with Crippen LogP contribution in [0.15, 0.2) is 12.4 Å². The summed E-state index contributed by atoms with van der Waals surface area (Å²) in [5.74, 6) is 0.523. The van der Waals surface area contributed by atoms with Crippen LogP contribution in [0.1, 0.15) is 16.2 Å². The fourth-order valence-corrected chi connectivity index (χ4v) is 1.67. The quantitative estimate of drug-likeness (QED) is 0.588. The molecule has 0 aliphatic heterocycles. The minimum atomic E-state index is 0.168. The van der Waals surface area contributed by atoms with Crippen LogP contribution in [0.3, 0.4) is 0 Å². The molecule has 2 heterocycles. The number of aryl methyl sites for hydroxylation is 2. The highest BCUT2D eigenvalue weighted by atomic mass is 35.5. The van der Waals surface area contributed by atoms with Gasteiger partial charge in [-0.15, -0.1) is 0 Å². The Morgan fingerprint density at radius 2 is 2.19 bits per heavy atom. The monoisotopic (exact) mass is 236 g/mol. The number of halogens is 1. The third-order valence-electron chi connectivity index (χ3n) is 2.11. The molecule has 0 radical (unpaired) electrons. The lowest BCUT2D eigenvalue weighted by atomic mass is 10.1. The van der Waals surface area contributed by atoms with Crippen molar-refractivity contribution >= 4 is 17.9 Å². The SMILES string of the molecule is Cc1nc(Cl)c(C=O)c(-c2cnn(C)c2)n1. The van der Waals surface area contributed by atoms with Crippen LogP contribution >= 0.6 is 11.6 Å². The van der Waals surface area contributed by atoms with Gasteiger partial charge in [-0.1, -0.05) is 11.6 Å². The molecule has 0 unspecified atom stereocenters. The molecule has 82 valence electrons. The van der Waals surface area contributed by atoms with Crippen molar-refractivity contribution in [3.63, 3.8) is 0 Å². The summed E-state index contributed by atoms with van der Waals surface area (Å²) in [6.45, 7) is 1.72. The number of carbonyl (C=O) groups excluding carboxylic acids is 1. The first-order valence-corrected chi connectivity index (χ1v) is 4.98. The molecule has 6 heteroatoms. The van der Waals surface area contributed by atoms with Crippen LogP contribution in [-0.4, -0.2) is 26.0 Å². The first kappa shape index (κ1) is 10.8. The summed E-state index contributed by atoms with van der Waals surface area (Å²) in [5.41, 5.74) is 1.55. The molecular formula is C10H9ClN4O. The second kappa shape index (κ2) is 4.02. The Balaban J connectivity index is 2.67. The van der Waals surface area contributed by atoms with Crippen LogP contribution in [0.5, 0.6) is 0 Å². The van der Waals surface area contributed by atoms with Crippen LogP contribution in [0.4, 0.5) is 0 Å². The highest BCUT2D eigenvalue weighted by Crippen LogP contribution is 2.24. The summed E-state index contributed by atoms with van der Waals surface area (Å²) in [4.78, 5) is 19.1. The van der Waals surface area contributed by atoms with Crippen molar-refractivity contribution in [3.8, 4) is 11.3 Å². The van der Waals surface area contributed by atoms with E-state index in [4.69, 9.17) is 11.6 Å². The molecule has 0 aliphatic carbocycles. The molecule has 0 aliphatic rings. The van der Waals surface area contributed by atoms with Gasteiger partial charge >= 0.3 is 0 Å². The fourth-order valence-electron chi connectivity index (χ4n) is 1.42. The Bertz CT molecular complexity index is 550. The number of aldehydes is 1. The average Bonchev–Trinajstić information content (AvgIpc) is 2.63. The molecule has 0 N–H and O–H groups in total. The van der Waals surface area contributed by atoms with E-state index >= 15 is 0 Å². The summed E-state index contributed by atoms with van der Waals surface area (Å²) < 4.78 is 1.63. The van der Waals surface area contributed by atoms with Gasteiger partial charge in [0.2, 0.25) is 0 Å². The summed E-state index contributed by atoms with van der Waals surface area (Å²) in [7, 11) is 1.79. The minimum absolute atomic E-state index is 0.168. The molecule has 0 fully saturated rings. The predicted molar refractivity (Wildman–Crippen MR) is 59.4 cm³/mol. The molecule has 5 nitrogen and oxygen atoms in total. The van der Waals surface area contributed by atoms with Crippen molar-refractivity contribution < 1.29 is 4.79 Å². The average molecular weight is 237 g/mol. The molecule has 0 saturated heterocycles. The number of hydrogen-bond donors (Lipinski definition) is 0. The van der Waals surface area contributed by atoms with E-state index in [0.717, 1.165) is 5.56 Å². The zero-order valence-corrected chi connectivity index (χ0v) is 9.56. The zero-order valence-electron chi connectivity index (χ0n) is 8.81. The molecule has 2 aromatic heterocycles. The molecule has 0 amide bonds. The Morgan fingerprint density at radius 1 is 1.44 bits per heavy atom. The predicted octanol–water partition coefficient (Wildman–Crippen LogP) is 1.65. The second-order valence-electron chi connectivity index (χ2n) is 3.34.